The van der Waals surface area contributed by atoms with Gasteiger partial charge in [-0.1, -0.05) is 60.7 Å². The van der Waals surface area contributed by atoms with Crippen molar-refractivity contribution in [1.82, 2.24) is 9.88 Å². The Bertz CT molecular complexity index is 1200. The largest absolute Gasteiger partial charge is 0.480 e. The fourth-order valence-corrected chi connectivity index (χ4v) is 4.43. The van der Waals surface area contributed by atoms with Gasteiger partial charge in [0.2, 0.25) is 0 Å². The van der Waals surface area contributed by atoms with Crippen molar-refractivity contribution in [3.8, 4) is 16.8 Å². The third-order valence-corrected chi connectivity index (χ3v) is 6.54. The first kappa shape index (κ1) is 30.7. The van der Waals surface area contributed by atoms with Crippen LogP contribution in [0.15, 0.2) is 91.1 Å². The zero-order chi connectivity index (χ0) is 28.0. The third-order valence-electron chi connectivity index (χ3n) is 5.43. The van der Waals surface area contributed by atoms with E-state index in [1.807, 2.05) is 51.1 Å². The van der Waals surface area contributed by atoms with Gasteiger partial charge in [0.25, 0.3) is 6.47 Å². The number of hydrogen-bond donors (Lipinski definition) is 2. The van der Waals surface area contributed by atoms with E-state index >= 15 is 0 Å². The monoisotopic (exact) mass is 534 g/mol. The Morgan fingerprint density at radius 2 is 1.55 bits per heavy atom. The summed E-state index contributed by atoms with van der Waals surface area (Å²) in [6, 6.07) is 28.7. The summed E-state index contributed by atoms with van der Waals surface area (Å²) >= 11 is 1.62. The number of likely N-dealkylation sites (N-methyl/N-ethyl adjacent to an activating group) is 1. The lowest BCUT2D eigenvalue weighted by atomic mass is 10.0. The van der Waals surface area contributed by atoms with Crippen LogP contribution in [0.2, 0.25) is 0 Å². The van der Waals surface area contributed by atoms with Crippen LogP contribution in [0.5, 0.6) is 0 Å². The number of rotatable bonds is 9. The van der Waals surface area contributed by atoms with Gasteiger partial charge in [-0.25, -0.2) is 0 Å². The summed E-state index contributed by atoms with van der Waals surface area (Å²) in [5.41, 5.74) is 5.46. The molecule has 2 aromatic carbocycles. The van der Waals surface area contributed by atoms with Gasteiger partial charge in [0, 0.05) is 29.1 Å². The number of nitrogens with zero attached hydrogens (tertiary/aromatic N) is 1. The van der Waals surface area contributed by atoms with Crippen molar-refractivity contribution >= 4 is 24.2 Å². The summed E-state index contributed by atoms with van der Waals surface area (Å²) in [7, 11) is 1.68. The summed E-state index contributed by atoms with van der Waals surface area (Å²) in [6.45, 7) is 8.02. The molecule has 3 rings (SSSR count). The third kappa shape index (κ3) is 10.8. The molecule has 1 heterocycles. The van der Waals surface area contributed by atoms with Crippen LogP contribution in [0, 0.1) is 6.92 Å². The maximum absolute atomic E-state index is 11.1. The number of thioether (sulfide) groups is 1. The minimum absolute atomic E-state index is 0.318. The quantitative estimate of drug-likeness (QED) is 0.308. The average molecular weight is 535 g/mol. The zero-order valence-electron chi connectivity index (χ0n) is 22.8. The molecule has 1 atom stereocenters. The molecule has 7 heteroatoms. The lowest BCUT2D eigenvalue weighted by Crippen LogP contribution is -2.36. The average Bonchev–Trinajstić information content (AvgIpc) is 2.98. The number of ether oxygens (including phenoxy) is 1. The van der Waals surface area contributed by atoms with Crippen molar-refractivity contribution in [1.29, 1.82) is 0 Å². The van der Waals surface area contributed by atoms with Gasteiger partial charge in [-0.05, 0) is 75.7 Å². The molecule has 0 aliphatic heterocycles. The Labute approximate surface area is 230 Å². The highest BCUT2D eigenvalue weighted by Crippen LogP contribution is 2.23. The minimum atomic E-state index is -0.811. The SMILES string of the molecule is CC(C)(C)OC=O.CNC(CSCc1ccc(-c2ccc(-n3cccccccc3C)cc2)cc1)C(=O)O. The number of carboxylic acids is 1. The fraction of sp³-hybridized carbons (Fsp3) is 0.290. The molecule has 0 fully saturated rings. The van der Waals surface area contributed by atoms with E-state index in [1.54, 1.807) is 18.8 Å². The van der Waals surface area contributed by atoms with Crippen LogP contribution in [-0.2, 0) is 20.1 Å². The van der Waals surface area contributed by atoms with Crippen LogP contribution in [0.25, 0.3) is 16.8 Å². The zero-order valence-corrected chi connectivity index (χ0v) is 23.6. The fourth-order valence-electron chi connectivity index (χ4n) is 3.34. The number of aryl methyl sites for hydroxylation is 1. The minimum Gasteiger partial charge on any atom is -0.480 e. The van der Waals surface area contributed by atoms with Gasteiger partial charge in [0.05, 0.1) is 0 Å². The maximum atomic E-state index is 11.1. The standard InChI is InChI=1S/C26H28N2O2S.C5H10O2/c1-20-8-6-4-3-5-7-17-28(20)24-15-13-23(14-16-24)22-11-9-21(10-12-22)18-31-19-25(27-2)26(29)30;1-5(2,3)7-4-6/h3-17,25,27H,18-19H2,1-2H3,(H,29,30);4H,1-3H3. The molecule has 1 aromatic heterocycles. The number of aromatic nitrogens is 1. The topological polar surface area (TPSA) is 80.6 Å². The lowest BCUT2D eigenvalue weighted by molar-refractivity contribution is -0.139. The molecule has 2 N–H and O–H groups in total. The highest BCUT2D eigenvalue weighted by molar-refractivity contribution is 7.98. The number of carboxylic acid groups (broad SMARTS) is 1. The Balaban J connectivity index is 0.000000638. The summed E-state index contributed by atoms with van der Waals surface area (Å²) in [4.78, 5) is 20.7. The van der Waals surface area contributed by atoms with Gasteiger partial charge in [-0.2, -0.15) is 11.8 Å². The van der Waals surface area contributed by atoms with Crippen molar-refractivity contribution < 1.29 is 19.4 Å². The molecule has 38 heavy (non-hydrogen) atoms. The first-order chi connectivity index (χ1) is 18.1. The van der Waals surface area contributed by atoms with Gasteiger partial charge >= 0.3 is 5.97 Å². The van der Waals surface area contributed by atoms with E-state index in [1.165, 1.54) is 11.1 Å². The molecule has 6 nitrogen and oxygen atoms in total. The van der Waals surface area contributed by atoms with Gasteiger partial charge < -0.3 is 19.7 Å². The Kier molecular flexibility index (Phi) is 12.6. The van der Waals surface area contributed by atoms with Crippen molar-refractivity contribution in [2.24, 2.45) is 0 Å². The molecule has 0 saturated carbocycles. The van der Waals surface area contributed by atoms with Crippen molar-refractivity contribution in [3.05, 3.63) is 102 Å². The van der Waals surface area contributed by atoms with Crippen LogP contribution in [-0.4, -0.2) is 46.6 Å². The number of benzene rings is 2. The van der Waals surface area contributed by atoms with Gasteiger partial charge in [-0.15, -0.1) is 0 Å². The van der Waals surface area contributed by atoms with Gasteiger partial charge in [0.15, 0.2) is 0 Å². The van der Waals surface area contributed by atoms with Crippen LogP contribution in [0.4, 0.5) is 0 Å². The highest BCUT2D eigenvalue weighted by atomic mass is 32.2. The van der Waals surface area contributed by atoms with E-state index < -0.39 is 12.0 Å². The van der Waals surface area contributed by atoms with E-state index in [2.05, 4.69) is 82.3 Å². The van der Waals surface area contributed by atoms with E-state index in [4.69, 9.17) is 5.11 Å². The number of carbonyl (C=O) groups excluding carboxylic acids is 1. The van der Waals surface area contributed by atoms with E-state index in [0.717, 1.165) is 22.7 Å². The van der Waals surface area contributed by atoms with E-state index in [0.29, 0.717) is 12.2 Å². The number of hydrogen-bond acceptors (Lipinski definition) is 5. The molecule has 3 aromatic rings. The molecule has 0 aliphatic rings. The number of nitrogens with one attached hydrogen (secondary N) is 1. The molecule has 1 unspecified atom stereocenters. The van der Waals surface area contributed by atoms with Gasteiger partial charge in [-0.3, -0.25) is 9.59 Å². The first-order valence-corrected chi connectivity index (χ1v) is 13.6. The molecule has 0 bridgehead atoms. The van der Waals surface area contributed by atoms with Crippen molar-refractivity contribution in [3.63, 3.8) is 0 Å². The van der Waals surface area contributed by atoms with Crippen molar-refractivity contribution in [2.75, 3.05) is 12.8 Å². The predicted molar refractivity (Wildman–Crippen MR) is 157 cm³/mol. The smallest absolute Gasteiger partial charge is 0.321 e. The molecule has 0 aliphatic carbocycles. The summed E-state index contributed by atoms with van der Waals surface area (Å²) < 4.78 is 6.71. The predicted octanol–water partition coefficient (Wildman–Crippen LogP) is 6.44. The molecule has 0 saturated heterocycles. The molecule has 0 radical (unpaired) electrons. The first-order valence-electron chi connectivity index (χ1n) is 12.4. The Morgan fingerprint density at radius 3 is 2.08 bits per heavy atom. The summed E-state index contributed by atoms with van der Waals surface area (Å²) in [5.74, 6) is 0.522. The van der Waals surface area contributed by atoms with Crippen LogP contribution < -0.4 is 5.32 Å². The number of aliphatic carboxylic acids is 1. The maximum Gasteiger partial charge on any atom is 0.321 e. The van der Waals surface area contributed by atoms with E-state index in [9.17, 15) is 9.59 Å². The normalized spacial score (nSPS) is 11.4. The van der Waals surface area contributed by atoms with Crippen LogP contribution in [0.1, 0.15) is 32.0 Å². The molecule has 0 amide bonds. The Hall–Kier alpha value is -3.55. The highest BCUT2D eigenvalue weighted by Gasteiger charge is 2.14. The molecule has 0 spiro atoms. The second kappa shape index (κ2) is 15.6. The molecular formula is C31H38N2O4S. The van der Waals surface area contributed by atoms with Crippen LogP contribution in [0.3, 0.4) is 0 Å². The molecular weight excluding hydrogens is 496 g/mol. The van der Waals surface area contributed by atoms with E-state index in [-0.39, 0.29) is 5.60 Å². The summed E-state index contributed by atoms with van der Waals surface area (Å²) in [6.07, 6.45) is 2.07. The lowest BCUT2D eigenvalue weighted by Gasteiger charge is -2.14. The number of carbonyl (C=O) groups is 2. The van der Waals surface area contributed by atoms with Crippen LogP contribution >= 0.6 is 11.8 Å². The second-order valence-corrected chi connectivity index (χ2v) is 10.6. The second-order valence-electron chi connectivity index (χ2n) is 9.55. The van der Waals surface area contributed by atoms with Gasteiger partial charge in [0.1, 0.15) is 11.6 Å². The van der Waals surface area contributed by atoms with Crippen molar-refractivity contribution in [2.45, 2.75) is 45.1 Å². The summed E-state index contributed by atoms with van der Waals surface area (Å²) in [5, 5.41) is 11.9. The molecule has 202 valence electrons. The Morgan fingerprint density at radius 1 is 0.974 bits per heavy atom.